The minimum absolute atomic E-state index is 0.0822. The predicted molar refractivity (Wildman–Crippen MR) is 157 cm³/mol. The molecule has 0 bridgehead atoms. The van der Waals surface area contributed by atoms with E-state index in [0.29, 0.717) is 59.7 Å². The molecule has 0 spiro atoms. The van der Waals surface area contributed by atoms with E-state index in [1.165, 1.54) is 6.21 Å². The zero-order chi connectivity index (χ0) is 30.5. The lowest BCUT2D eigenvalue weighted by Gasteiger charge is -2.13. The average molecular weight is 569 g/mol. The lowest BCUT2D eigenvalue weighted by atomic mass is 10.1. The summed E-state index contributed by atoms with van der Waals surface area (Å²) in [5.41, 5.74) is 2.29. The van der Waals surface area contributed by atoms with Crippen LogP contribution in [0.2, 0.25) is 0 Å². The van der Waals surface area contributed by atoms with Gasteiger partial charge in [0.25, 0.3) is 6.43 Å². The summed E-state index contributed by atoms with van der Waals surface area (Å²) in [6.07, 6.45) is 12.1. The lowest BCUT2D eigenvalue weighted by molar-refractivity contribution is 0.0925. The summed E-state index contributed by atoms with van der Waals surface area (Å²) in [5, 5.41) is 3.93. The second kappa shape index (κ2) is 16.1. The van der Waals surface area contributed by atoms with Gasteiger partial charge in [-0.05, 0) is 44.4 Å². The number of aliphatic imine (C=N–C) groups is 1. The fourth-order valence-corrected chi connectivity index (χ4v) is 3.81. The second-order valence-corrected chi connectivity index (χ2v) is 9.18. The number of aryl methyl sites for hydroxylation is 2. The first-order chi connectivity index (χ1) is 19.7. The van der Waals surface area contributed by atoms with Gasteiger partial charge >= 0.3 is 0 Å². The fourth-order valence-electron chi connectivity index (χ4n) is 3.81. The van der Waals surface area contributed by atoms with Crippen LogP contribution in [0, 0.1) is 32.6 Å². The molecule has 218 valence electrons. The van der Waals surface area contributed by atoms with Crippen LogP contribution in [-0.4, -0.2) is 46.4 Å². The number of pyridine rings is 1. The number of nitrogens with one attached hydrogen (secondary N) is 1. The first-order valence-corrected chi connectivity index (χ1v) is 12.8. The number of anilines is 1. The molecule has 4 rings (SSSR count). The van der Waals surface area contributed by atoms with E-state index in [1.807, 2.05) is 19.9 Å². The number of rotatable bonds is 9. The van der Waals surface area contributed by atoms with Crippen LogP contribution in [0.3, 0.4) is 0 Å². The Bertz CT molecular complexity index is 1460. The molecule has 0 saturated heterocycles. The molecular formula is C30H35F3N6O2. The summed E-state index contributed by atoms with van der Waals surface area (Å²) < 4.78 is 48.5. The van der Waals surface area contributed by atoms with E-state index >= 15 is 0 Å². The van der Waals surface area contributed by atoms with Crippen molar-refractivity contribution in [2.24, 2.45) is 10.9 Å². The molecule has 0 saturated carbocycles. The van der Waals surface area contributed by atoms with E-state index in [-0.39, 0.29) is 24.3 Å². The van der Waals surface area contributed by atoms with Crippen LogP contribution in [0.25, 0.3) is 22.8 Å². The Morgan fingerprint density at radius 1 is 1.12 bits per heavy atom. The van der Waals surface area contributed by atoms with Crippen molar-refractivity contribution in [3.8, 4) is 12.8 Å². The van der Waals surface area contributed by atoms with Crippen molar-refractivity contribution in [3.05, 3.63) is 64.4 Å². The molecule has 0 radical (unpaired) electrons. The number of fused-ring (bicyclic) bond motifs is 1. The number of alkyl halides is 3. The maximum atomic E-state index is 13.8. The van der Waals surface area contributed by atoms with Crippen molar-refractivity contribution >= 4 is 34.8 Å². The molecule has 8 nitrogen and oxygen atoms in total. The van der Waals surface area contributed by atoms with Crippen LogP contribution >= 0.6 is 0 Å². The maximum absolute atomic E-state index is 13.8. The molecule has 0 unspecified atom stereocenters. The third kappa shape index (κ3) is 9.11. The number of aromatic nitrogens is 4. The Morgan fingerprint density at radius 3 is 2.49 bits per heavy atom. The summed E-state index contributed by atoms with van der Waals surface area (Å²) in [7, 11) is 0.500. The van der Waals surface area contributed by atoms with Crippen molar-refractivity contribution < 1.29 is 22.3 Å². The number of terminal acetylenes is 1. The molecule has 4 heterocycles. The molecule has 0 aromatic carbocycles. The molecule has 0 aliphatic carbocycles. The van der Waals surface area contributed by atoms with E-state index in [1.54, 1.807) is 31.2 Å². The van der Waals surface area contributed by atoms with E-state index < -0.39 is 6.43 Å². The van der Waals surface area contributed by atoms with Gasteiger partial charge in [0.15, 0.2) is 23.1 Å². The van der Waals surface area contributed by atoms with Crippen LogP contribution in [0.5, 0.6) is 0 Å². The Balaban J connectivity index is 0.00000141. The van der Waals surface area contributed by atoms with Gasteiger partial charge in [-0.2, -0.15) is 0 Å². The number of halogens is 3. The molecule has 1 N–H and O–H groups in total. The normalized spacial score (nSPS) is 13.1. The van der Waals surface area contributed by atoms with Crippen molar-refractivity contribution in [2.75, 3.05) is 19.1 Å². The molecular weight excluding hydrogens is 533 g/mol. The number of allylic oxidation sites excluding steroid dienone is 4. The summed E-state index contributed by atoms with van der Waals surface area (Å²) in [5.74, 6) is 2.52. The molecule has 3 aromatic heterocycles. The van der Waals surface area contributed by atoms with Gasteiger partial charge in [0.1, 0.15) is 12.4 Å². The van der Waals surface area contributed by atoms with Crippen LogP contribution in [0.1, 0.15) is 56.1 Å². The van der Waals surface area contributed by atoms with Crippen molar-refractivity contribution in [3.63, 3.8) is 0 Å². The second-order valence-electron chi connectivity index (χ2n) is 9.18. The van der Waals surface area contributed by atoms with Crippen molar-refractivity contribution in [2.45, 2.75) is 54.1 Å². The van der Waals surface area contributed by atoms with Gasteiger partial charge in [-0.15, -0.1) is 12.8 Å². The number of ether oxygens (including phenoxy) is 1. The highest BCUT2D eigenvalue weighted by Crippen LogP contribution is 2.30. The smallest absolute Gasteiger partial charge is 0.262 e. The van der Waals surface area contributed by atoms with Crippen molar-refractivity contribution in [1.29, 1.82) is 0 Å². The zero-order valence-corrected chi connectivity index (χ0v) is 24.1. The third-order valence-corrected chi connectivity index (χ3v) is 5.46. The molecule has 0 amide bonds. The molecule has 1 aliphatic rings. The fraction of sp³-hybridized carbons (Fsp3) is 0.367. The highest BCUT2D eigenvalue weighted by Gasteiger charge is 2.20. The van der Waals surface area contributed by atoms with E-state index in [2.05, 4.69) is 56.9 Å². The van der Waals surface area contributed by atoms with Crippen LogP contribution in [0.4, 0.5) is 19.0 Å². The zero-order valence-electron chi connectivity index (χ0n) is 24.1. The van der Waals surface area contributed by atoms with Gasteiger partial charge in [0.2, 0.25) is 0 Å². The Hall–Kier alpha value is -4.30. The topological polar surface area (TPSA) is 98.3 Å². The van der Waals surface area contributed by atoms with E-state index in [9.17, 15) is 13.2 Å². The third-order valence-electron chi connectivity index (χ3n) is 5.46. The van der Waals surface area contributed by atoms with Gasteiger partial charge in [0.05, 0.1) is 29.6 Å². The summed E-state index contributed by atoms with van der Waals surface area (Å²) >= 11 is 0. The minimum Gasteiger partial charge on any atom is -0.441 e. The molecule has 0 fully saturated rings. The van der Waals surface area contributed by atoms with Gasteiger partial charge in [-0.3, -0.25) is 9.38 Å². The number of oxazole rings is 1. The van der Waals surface area contributed by atoms with E-state index in [4.69, 9.17) is 9.15 Å². The Kier molecular flexibility index (Phi) is 12.9. The molecule has 41 heavy (non-hydrogen) atoms. The van der Waals surface area contributed by atoms with Gasteiger partial charge in [-0.25, -0.2) is 28.7 Å². The maximum Gasteiger partial charge on any atom is 0.262 e. The van der Waals surface area contributed by atoms with Crippen molar-refractivity contribution in [1.82, 2.24) is 19.9 Å². The van der Waals surface area contributed by atoms with Gasteiger partial charge in [0, 0.05) is 37.1 Å². The SMILES string of the molecule is C#C.C/C(=C\c1oc(C)nc1C)Nc1nc(COCC(C)C)nc2nc(C3=C(C(F)F)CC=CC=N3)ccc12.CF. The summed E-state index contributed by atoms with van der Waals surface area (Å²) in [4.78, 5) is 22.4. The monoisotopic (exact) mass is 568 g/mol. The Labute approximate surface area is 238 Å². The van der Waals surface area contributed by atoms with E-state index in [0.717, 1.165) is 11.4 Å². The van der Waals surface area contributed by atoms with Crippen LogP contribution in [0.15, 0.2) is 45.0 Å². The van der Waals surface area contributed by atoms with Crippen LogP contribution in [-0.2, 0) is 11.3 Å². The highest BCUT2D eigenvalue weighted by molar-refractivity contribution is 5.90. The molecule has 11 heteroatoms. The predicted octanol–water partition coefficient (Wildman–Crippen LogP) is 7.12. The minimum atomic E-state index is -2.65. The average Bonchev–Trinajstić information content (AvgIpc) is 3.11. The summed E-state index contributed by atoms with van der Waals surface area (Å²) in [6.45, 7) is 10.4. The molecule has 1 aliphatic heterocycles. The lowest BCUT2D eigenvalue weighted by Crippen LogP contribution is -2.09. The van der Waals surface area contributed by atoms with Gasteiger partial charge < -0.3 is 14.5 Å². The molecule has 0 atom stereocenters. The summed E-state index contributed by atoms with van der Waals surface area (Å²) in [6, 6.07) is 3.43. The van der Waals surface area contributed by atoms with Crippen LogP contribution < -0.4 is 5.32 Å². The van der Waals surface area contributed by atoms with Gasteiger partial charge in [-0.1, -0.05) is 19.9 Å². The number of hydrogen-bond donors (Lipinski definition) is 1. The molecule has 3 aromatic rings. The quantitative estimate of drug-likeness (QED) is 0.275. The largest absolute Gasteiger partial charge is 0.441 e. The highest BCUT2D eigenvalue weighted by atomic mass is 19.3. The number of hydrogen-bond acceptors (Lipinski definition) is 8. The Morgan fingerprint density at radius 2 is 1.85 bits per heavy atom. The first kappa shape index (κ1) is 32.9. The number of nitrogens with zero attached hydrogens (tertiary/aromatic N) is 5. The standard InChI is InChI=1S/C27H30F2N6O2.C2H2.CH3F/c1-15(2)13-36-14-23-34-26(31-16(3)12-22-17(4)32-18(5)37-22)20-9-10-21(33-27(20)35-23)24-19(25(28)29)8-6-7-11-30-24;2*1-2/h6-7,9-12,15,25H,8,13-14H2,1-5H3,(H,31,33,34,35);1-2H;1H3/b16-12+;;. The first-order valence-electron chi connectivity index (χ1n) is 12.8.